The second-order valence-corrected chi connectivity index (χ2v) is 9.46. The zero-order valence-corrected chi connectivity index (χ0v) is 18.9. The Balaban J connectivity index is 2.00. The lowest BCUT2D eigenvalue weighted by Gasteiger charge is -2.33. The summed E-state index contributed by atoms with van der Waals surface area (Å²) in [7, 11) is -3.53. The molecule has 15 heteroatoms. The monoisotopic (exact) mass is 527 g/mol. The summed E-state index contributed by atoms with van der Waals surface area (Å²) >= 11 is 0. The summed E-state index contributed by atoms with van der Waals surface area (Å²) in [4.78, 5) is 12.2. The number of rotatable bonds is 4. The number of fused-ring (bicyclic) bond motifs is 1. The van der Waals surface area contributed by atoms with Gasteiger partial charge in [-0.25, -0.2) is 13.1 Å². The van der Waals surface area contributed by atoms with Crippen LogP contribution in [0.1, 0.15) is 21.6 Å². The number of amides is 1. The van der Waals surface area contributed by atoms with Crippen LogP contribution >= 0.6 is 0 Å². The molecular weight excluding hydrogens is 508 g/mol. The Morgan fingerprint density at radius 2 is 1.91 bits per heavy atom. The molecule has 0 aliphatic carbocycles. The number of sulfonamides is 1. The van der Waals surface area contributed by atoms with E-state index in [1.54, 1.807) is 4.72 Å². The average Bonchev–Trinajstić information content (AvgIpc) is 3.00. The van der Waals surface area contributed by atoms with Gasteiger partial charge in [-0.3, -0.25) is 4.79 Å². The number of ether oxygens (including phenoxy) is 1. The molecule has 1 aliphatic heterocycles. The van der Waals surface area contributed by atoms with Crippen molar-refractivity contribution < 1.29 is 49.4 Å². The van der Waals surface area contributed by atoms with Gasteiger partial charge in [0, 0.05) is 18.9 Å². The van der Waals surface area contributed by atoms with Crippen LogP contribution in [0, 0.1) is 6.92 Å². The molecular formula is C20H19F6N3O5S. The molecule has 0 unspecified atom stereocenters. The van der Waals surface area contributed by atoms with Crippen LogP contribution in [0.15, 0.2) is 41.9 Å². The first kappa shape index (κ1) is 26.6. The molecule has 1 amide bonds. The molecule has 3 rings (SSSR count). The second-order valence-electron chi connectivity index (χ2n) is 7.78. The normalized spacial score (nSPS) is 19.6. The van der Waals surface area contributed by atoms with Crippen LogP contribution in [0.25, 0.3) is 0 Å². The fourth-order valence-electron chi connectivity index (χ4n) is 3.49. The van der Waals surface area contributed by atoms with Crippen molar-refractivity contribution in [2.24, 2.45) is 7.05 Å². The number of nitrogens with zero attached hydrogens (tertiary/aromatic N) is 1. The second kappa shape index (κ2) is 8.57. The van der Waals surface area contributed by atoms with Gasteiger partial charge in [0.15, 0.2) is 17.0 Å². The summed E-state index contributed by atoms with van der Waals surface area (Å²) in [6.45, 7) is 3.09. The molecule has 1 aromatic carbocycles. The molecule has 192 valence electrons. The van der Waals surface area contributed by atoms with E-state index in [9.17, 15) is 44.7 Å². The number of carbonyl (C=O) groups is 1. The number of hydrogen-bond donors (Lipinski definition) is 3. The van der Waals surface area contributed by atoms with Gasteiger partial charge in [-0.2, -0.15) is 26.3 Å². The van der Waals surface area contributed by atoms with Crippen molar-refractivity contribution in [1.82, 2.24) is 9.29 Å². The molecule has 35 heavy (non-hydrogen) atoms. The summed E-state index contributed by atoms with van der Waals surface area (Å²) in [6.07, 6.45) is -9.04. The van der Waals surface area contributed by atoms with E-state index in [1.165, 1.54) is 20.0 Å². The minimum absolute atomic E-state index is 0.103. The number of alkyl halides is 6. The van der Waals surface area contributed by atoms with E-state index >= 15 is 0 Å². The molecule has 0 saturated heterocycles. The van der Waals surface area contributed by atoms with Crippen LogP contribution in [0.5, 0.6) is 5.75 Å². The summed E-state index contributed by atoms with van der Waals surface area (Å²) < 4.78 is 113. The van der Waals surface area contributed by atoms with Crippen LogP contribution in [0.4, 0.5) is 32.0 Å². The third kappa shape index (κ3) is 4.75. The zero-order chi connectivity index (χ0) is 26.6. The molecule has 0 radical (unpaired) electrons. The minimum atomic E-state index is -5.33. The highest BCUT2D eigenvalue weighted by molar-refractivity contribution is 7.89. The lowest BCUT2D eigenvalue weighted by Crippen LogP contribution is -2.61. The Bertz CT molecular complexity index is 1290. The zero-order valence-electron chi connectivity index (χ0n) is 18.1. The third-order valence-corrected chi connectivity index (χ3v) is 6.86. The van der Waals surface area contributed by atoms with E-state index in [1.807, 2.05) is 0 Å². The molecule has 0 saturated carbocycles. The number of halogens is 6. The quantitative estimate of drug-likeness (QED) is 0.418. The maximum atomic E-state index is 13.4. The predicted octanol–water partition coefficient (Wildman–Crippen LogP) is 3.12. The number of benzene rings is 1. The van der Waals surface area contributed by atoms with E-state index in [2.05, 4.69) is 11.9 Å². The SMILES string of the molecule is C=C[C@@](O)([C@H]1COc2c(cn(C)c2C(=O)Nc2ccc(C)c(C(F)(F)F)c2)S(=O)(=O)N1)C(F)(F)F. The highest BCUT2D eigenvalue weighted by Crippen LogP contribution is 2.39. The molecule has 0 spiro atoms. The lowest BCUT2D eigenvalue weighted by atomic mass is 9.95. The molecule has 3 N–H and O–H groups in total. The molecule has 0 fully saturated rings. The minimum Gasteiger partial charge on any atom is -0.488 e. The Kier molecular flexibility index (Phi) is 6.50. The Morgan fingerprint density at radius 1 is 1.29 bits per heavy atom. The summed E-state index contributed by atoms with van der Waals surface area (Å²) in [6, 6.07) is 0.724. The van der Waals surface area contributed by atoms with Crippen molar-refractivity contribution >= 4 is 21.6 Å². The number of aryl methyl sites for hydroxylation is 2. The lowest BCUT2D eigenvalue weighted by molar-refractivity contribution is -0.249. The smallest absolute Gasteiger partial charge is 0.422 e. The van der Waals surface area contributed by atoms with Gasteiger partial charge in [0.2, 0.25) is 10.0 Å². The van der Waals surface area contributed by atoms with Gasteiger partial charge in [-0.1, -0.05) is 12.6 Å². The van der Waals surface area contributed by atoms with Gasteiger partial charge in [-0.05, 0) is 30.7 Å². The van der Waals surface area contributed by atoms with E-state index in [0.717, 1.165) is 16.8 Å². The topological polar surface area (TPSA) is 110 Å². The highest BCUT2D eigenvalue weighted by atomic mass is 32.2. The maximum absolute atomic E-state index is 13.4. The van der Waals surface area contributed by atoms with Gasteiger partial charge in [0.05, 0.1) is 11.6 Å². The fraction of sp³-hybridized carbons (Fsp3) is 0.350. The van der Waals surface area contributed by atoms with Crippen molar-refractivity contribution in [3.63, 3.8) is 0 Å². The van der Waals surface area contributed by atoms with Gasteiger partial charge < -0.3 is 19.7 Å². The molecule has 1 aromatic heterocycles. The number of anilines is 1. The first-order valence-corrected chi connectivity index (χ1v) is 11.2. The Hall–Kier alpha value is -3.04. The number of aliphatic hydroxyl groups is 1. The summed E-state index contributed by atoms with van der Waals surface area (Å²) in [5.41, 5.74) is -5.58. The van der Waals surface area contributed by atoms with Gasteiger partial charge in [-0.15, -0.1) is 0 Å². The Morgan fingerprint density at radius 3 is 2.46 bits per heavy atom. The van der Waals surface area contributed by atoms with E-state index < -0.39 is 68.4 Å². The van der Waals surface area contributed by atoms with Crippen molar-refractivity contribution in [2.75, 3.05) is 11.9 Å². The summed E-state index contributed by atoms with van der Waals surface area (Å²) in [5.74, 6) is -1.73. The number of nitrogens with one attached hydrogen (secondary N) is 2. The molecule has 2 aromatic rings. The first-order valence-electron chi connectivity index (χ1n) is 9.68. The molecule has 2 atom stereocenters. The van der Waals surface area contributed by atoms with Crippen LogP contribution in [0.3, 0.4) is 0 Å². The van der Waals surface area contributed by atoms with Crippen molar-refractivity contribution in [3.8, 4) is 5.75 Å². The molecule has 2 heterocycles. The fourth-order valence-corrected chi connectivity index (χ4v) is 4.94. The van der Waals surface area contributed by atoms with Gasteiger partial charge in [0.25, 0.3) is 5.91 Å². The van der Waals surface area contributed by atoms with E-state index in [4.69, 9.17) is 4.74 Å². The van der Waals surface area contributed by atoms with Crippen LogP contribution in [0.2, 0.25) is 0 Å². The molecule has 1 aliphatic rings. The number of hydrogen-bond acceptors (Lipinski definition) is 5. The van der Waals surface area contributed by atoms with E-state index in [-0.39, 0.29) is 17.3 Å². The van der Waals surface area contributed by atoms with Crippen molar-refractivity contribution in [2.45, 2.75) is 35.8 Å². The number of aromatic nitrogens is 1. The summed E-state index contributed by atoms with van der Waals surface area (Å²) in [5, 5.41) is 12.3. The number of carbonyl (C=O) groups excluding carboxylic acids is 1. The van der Waals surface area contributed by atoms with Gasteiger partial charge in [0.1, 0.15) is 11.5 Å². The first-order chi connectivity index (χ1) is 15.9. The van der Waals surface area contributed by atoms with Crippen molar-refractivity contribution in [1.29, 1.82) is 0 Å². The van der Waals surface area contributed by atoms with Crippen LogP contribution in [-0.2, 0) is 23.2 Å². The molecule has 8 nitrogen and oxygen atoms in total. The third-order valence-electron chi connectivity index (χ3n) is 5.40. The molecule has 0 bridgehead atoms. The maximum Gasteiger partial charge on any atom is 0.422 e. The average molecular weight is 527 g/mol. The van der Waals surface area contributed by atoms with E-state index in [0.29, 0.717) is 6.07 Å². The Labute approximate surface area is 195 Å². The van der Waals surface area contributed by atoms with Crippen LogP contribution in [-0.4, -0.2) is 48.4 Å². The van der Waals surface area contributed by atoms with Crippen LogP contribution < -0.4 is 14.8 Å². The highest BCUT2D eigenvalue weighted by Gasteiger charge is 2.58. The largest absolute Gasteiger partial charge is 0.488 e. The van der Waals surface area contributed by atoms with Crippen molar-refractivity contribution in [3.05, 3.63) is 53.9 Å². The predicted molar refractivity (Wildman–Crippen MR) is 110 cm³/mol. The standard InChI is InChI=1S/C20H19F6N3O5S/c1-4-18(31,20(24,25)26)14-9-34-16-13(35(32,33)28-14)8-29(3)15(16)17(30)27-11-6-5-10(2)12(7-11)19(21,22)23/h4-8,14,28,31H,1,9H2,2-3H3,(H,27,30)/t14-,18-/m1/s1. The van der Waals surface area contributed by atoms with Gasteiger partial charge >= 0.3 is 12.4 Å².